The highest BCUT2D eigenvalue weighted by Gasteiger charge is 2.17. The monoisotopic (exact) mass is 209 g/mol. The summed E-state index contributed by atoms with van der Waals surface area (Å²) in [7, 11) is 0. The van der Waals surface area contributed by atoms with Gasteiger partial charge in [0.05, 0.1) is 0 Å². The Labute approximate surface area is 90.3 Å². The van der Waals surface area contributed by atoms with Crippen molar-refractivity contribution < 1.29 is 0 Å². The number of thiophene rings is 1. The fourth-order valence-corrected chi connectivity index (χ4v) is 3.35. The first-order valence-electron chi connectivity index (χ1n) is 5.62. The molecule has 1 saturated carbocycles. The van der Waals surface area contributed by atoms with Crippen LogP contribution in [-0.4, -0.2) is 0 Å². The van der Waals surface area contributed by atoms with Crippen LogP contribution in [0.5, 0.6) is 0 Å². The lowest BCUT2D eigenvalue weighted by molar-refractivity contribution is 0.448. The molecule has 1 atom stereocenters. The average molecular weight is 209 g/mol. The van der Waals surface area contributed by atoms with Crippen LogP contribution in [0.25, 0.3) is 0 Å². The van der Waals surface area contributed by atoms with E-state index in [1.165, 1.54) is 37.0 Å². The summed E-state index contributed by atoms with van der Waals surface area (Å²) in [5.41, 5.74) is 5.87. The Bertz CT molecular complexity index is 284. The van der Waals surface area contributed by atoms with Gasteiger partial charge < -0.3 is 5.73 Å². The molecule has 0 radical (unpaired) electrons. The largest absolute Gasteiger partial charge is 0.324 e. The Morgan fingerprint density at radius 2 is 2.00 bits per heavy atom. The van der Waals surface area contributed by atoms with Crippen molar-refractivity contribution in [2.45, 2.75) is 51.0 Å². The third-order valence-electron chi connectivity index (χ3n) is 3.10. The van der Waals surface area contributed by atoms with Crippen LogP contribution in [0.2, 0.25) is 0 Å². The first kappa shape index (κ1) is 10.2. The minimum absolute atomic E-state index is 0.206. The SMILES string of the molecule is CC(N)c1ccc(C2CCCCC2)s1. The summed E-state index contributed by atoms with van der Waals surface area (Å²) in [6.45, 7) is 2.07. The van der Waals surface area contributed by atoms with Gasteiger partial charge in [0.1, 0.15) is 0 Å². The molecule has 0 amide bonds. The van der Waals surface area contributed by atoms with Crippen molar-refractivity contribution in [1.29, 1.82) is 0 Å². The zero-order chi connectivity index (χ0) is 9.97. The molecule has 0 saturated heterocycles. The molecule has 78 valence electrons. The zero-order valence-electron chi connectivity index (χ0n) is 8.83. The molecule has 1 fully saturated rings. The molecule has 1 aliphatic rings. The fourth-order valence-electron chi connectivity index (χ4n) is 2.22. The van der Waals surface area contributed by atoms with Crippen molar-refractivity contribution in [3.8, 4) is 0 Å². The molecular formula is C12H19NS. The number of hydrogen-bond donors (Lipinski definition) is 1. The molecule has 0 aromatic carbocycles. The predicted octanol–water partition coefficient (Wildman–Crippen LogP) is 3.82. The Kier molecular flexibility index (Phi) is 3.24. The topological polar surface area (TPSA) is 26.0 Å². The molecular weight excluding hydrogens is 190 g/mol. The maximum atomic E-state index is 5.87. The quantitative estimate of drug-likeness (QED) is 0.787. The second-order valence-electron chi connectivity index (χ2n) is 4.36. The Morgan fingerprint density at radius 1 is 1.29 bits per heavy atom. The summed E-state index contributed by atoms with van der Waals surface area (Å²) in [4.78, 5) is 2.91. The van der Waals surface area contributed by atoms with Crippen LogP contribution >= 0.6 is 11.3 Å². The molecule has 1 heterocycles. The fraction of sp³-hybridized carbons (Fsp3) is 0.667. The van der Waals surface area contributed by atoms with Crippen molar-refractivity contribution in [1.82, 2.24) is 0 Å². The Morgan fingerprint density at radius 3 is 2.57 bits per heavy atom. The molecule has 0 bridgehead atoms. The van der Waals surface area contributed by atoms with E-state index < -0.39 is 0 Å². The van der Waals surface area contributed by atoms with E-state index in [0.29, 0.717) is 0 Å². The van der Waals surface area contributed by atoms with Gasteiger partial charge in [-0.3, -0.25) is 0 Å². The first-order chi connectivity index (χ1) is 6.77. The predicted molar refractivity (Wildman–Crippen MR) is 62.7 cm³/mol. The maximum absolute atomic E-state index is 5.87. The molecule has 0 spiro atoms. The van der Waals surface area contributed by atoms with Gasteiger partial charge in [-0.25, -0.2) is 0 Å². The second-order valence-corrected chi connectivity index (χ2v) is 5.51. The van der Waals surface area contributed by atoms with Gasteiger partial charge in [0.15, 0.2) is 0 Å². The molecule has 2 rings (SSSR count). The standard InChI is InChI=1S/C12H19NS/c1-9(13)11-7-8-12(14-11)10-5-3-2-4-6-10/h7-10H,2-6,13H2,1H3. The van der Waals surface area contributed by atoms with Crippen LogP contribution in [0, 0.1) is 0 Å². The molecule has 2 N–H and O–H groups in total. The van der Waals surface area contributed by atoms with Gasteiger partial charge >= 0.3 is 0 Å². The zero-order valence-corrected chi connectivity index (χ0v) is 9.65. The maximum Gasteiger partial charge on any atom is 0.0361 e. The highest BCUT2D eigenvalue weighted by Crippen LogP contribution is 2.37. The van der Waals surface area contributed by atoms with Crippen LogP contribution in [0.3, 0.4) is 0 Å². The summed E-state index contributed by atoms with van der Waals surface area (Å²) in [5.74, 6) is 0.834. The minimum atomic E-state index is 0.206. The van der Waals surface area contributed by atoms with Gasteiger partial charge in [-0.15, -0.1) is 11.3 Å². The van der Waals surface area contributed by atoms with Crippen molar-refractivity contribution in [2.75, 3.05) is 0 Å². The molecule has 1 nitrogen and oxygen atoms in total. The van der Waals surface area contributed by atoms with Crippen molar-refractivity contribution in [2.24, 2.45) is 5.73 Å². The summed E-state index contributed by atoms with van der Waals surface area (Å²) < 4.78 is 0. The van der Waals surface area contributed by atoms with E-state index in [4.69, 9.17) is 5.73 Å². The van der Waals surface area contributed by atoms with Gasteiger partial charge in [-0.1, -0.05) is 19.3 Å². The van der Waals surface area contributed by atoms with E-state index in [1.54, 1.807) is 4.88 Å². The molecule has 1 aromatic rings. The molecule has 1 unspecified atom stereocenters. The molecule has 2 heteroatoms. The molecule has 0 aliphatic heterocycles. The smallest absolute Gasteiger partial charge is 0.0361 e. The van der Waals surface area contributed by atoms with Crippen LogP contribution in [-0.2, 0) is 0 Å². The normalized spacial score (nSPS) is 21.0. The molecule has 1 aliphatic carbocycles. The van der Waals surface area contributed by atoms with Crippen molar-refractivity contribution >= 4 is 11.3 Å². The number of hydrogen-bond acceptors (Lipinski definition) is 2. The highest BCUT2D eigenvalue weighted by molar-refractivity contribution is 7.12. The van der Waals surface area contributed by atoms with E-state index in [1.807, 2.05) is 11.3 Å². The number of rotatable bonds is 2. The van der Waals surface area contributed by atoms with Crippen LogP contribution in [0.4, 0.5) is 0 Å². The second kappa shape index (κ2) is 4.45. The van der Waals surface area contributed by atoms with E-state index >= 15 is 0 Å². The van der Waals surface area contributed by atoms with Crippen molar-refractivity contribution in [3.63, 3.8) is 0 Å². The Balaban J connectivity index is 2.07. The van der Waals surface area contributed by atoms with E-state index in [9.17, 15) is 0 Å². The van der Waals surface area contributed by atoms with Gasteiger partial charge in [-0.2, -0.15) is 0 Å². The van der Waals surface area contributed by atoms with Gasteiger partial charge in [0, 0.05) is 15.8 Å². The third kappa shape index (κ3) is 2.18. The lowest BCUT2D eigenvalue weighted by Gasteiger charge is -2.20. The van der Waals surface area contributed by atoms with Crippen LogP contribution < -0.4 is 5.73 Å². The van der Waals surface area contributed by atoms with E-state index in [2.05, 4.69) is 19.1 Å². The summed E-state index contributed by atoms with van der Waals surface area (Å²) in [6.07, 6.45) is 7.03. The van der Waals surface area contributed by atoms with Crippen LogP contribution in [0.15, 0.2) is 12.1 Å². The van der Waals surface area contributed by atoms with E-state index in [0.717, 1.165) is 5.92 Å². The summed E-state index contributed by atoms with van der Waals surface area (Å²) in [5, 5.41) is 0. The third-order valence-corrected chi connectivity index (χ3v) is 4.55. The highest BCUT2D eigenvalue weighted by atomic mass is 32.1. The Hall–Kier alpha value is -0.340. The lowest BCUT2D eigenvalue weighted by Crippen LogP contribution is -2.03. The lowest BCUT2D eigenvalue weighted by atomic mass is 9.88. The minimum Gasteiger partial charge on any atom is -0.324 e. The van der Waals surface area contributed by atoms with Gasteiger partial charge in [-0.05, 0) is 37.8 Å². The molecule has 14 heavy (non-hydrogen) atoms. The summed E-state index contributed by atoms with van der Waals surface area (Å²) in [6, 6.07) is 4.70. The van der Waals surface area contributed by atoms with Gasteiger partial charge in [0.25, 0.3) is 0 Å². The first-order valence-corrected chi connectivity index (χ1v) is 6.44. The molecule has 1 aromatic heterocycles. The summed E-state index contributed by atoms with van der Waals surface area (Å²) >= 11 is 1.92. The van der Waals surface area contributed by atoms with Crippen molar-refractivity contribution in [3.05, 3.63) is 21.9 Å². The van der Waals surface area contributed by atoms with Gasteiger partial charge in [0.2, 0.25) is 0 Å². The van der Waals surface area contributed by atoms with Crippen LogP contribution in [0.1, 0.15) is 60.7 Å². The average Bonchev–Trinajstić information content (AvgIpc) is 2.68. The van der Waals surface area contributed by atoms with E-state index in [-0.39, 0.29) is 6.04 Å². The number of nitrogens with two attached hydrogens (primary N) is 1.